The van der Waals surface area contributed by atoms with Gasteiger partial charge in [0, 0.05) is 10.6 Å². The Morgan fingerprint density at radius 2 is 2.12 bits per heavy atom. The molecule has 86 valence electrons. The molecule has 5 heteroatoms. The average molecular weight is 241 g/mol. The maximum absolute atomic E-state index is 9.82. The molecule has 0 aromatic heterocycles. The Balaban J connectivity index is 2.98. The molecule has 1 rings (SSSR count). The Hall–Kier alpha value is -1.12. The number of benzene rings is 1. The van der Waals surface area contributed by atoms with Crippen LogP contribution in [0, 0.1) is 11.3 Å². The zero-order chi connectivity index (χ0) is 12.1. The highest BCUT2D eigenvalue weighted by atomic mass is 35.5. The number of nitrogens with zero attached hydrogens (tertiary/aromatic N) is 1. The molecule has 0 aliphatic carbocycles. The molecule has 0 saturated heterocycles. The molecule has 4 nitrogen and oxygen atoms in total. The summed E-state index contributed by atoms with van der Waals surface area (Å²) in [5, 5.41) is 28.5. The maximum atomic E-state index is 9.82. The van der Waals surface area contributed by atoms with Crippen molar-refractivity contribution in [2.45, 2.75) is 18.6 Å². The summed E-state index contributed by atoms with van der Waals surface area (Å²) < 4.78 is 0. The summed E-state index contributed by atoms with van der Waals surface area (Å²) in [5.74, 6) is 0. The molecule has 0 fully saturated rings. The minimum absolute atomic E-state index is 0.272. The summed E-state index contributed by atoms with van der Waals surface area (Å²) in [5.41, 5.74) is 6.02. The van der Waals surface area contributed by atoms with Crippen molar-refractivity contribution in [3.05, 3.63) is 34.3 Å². The number of aliphatic hydroxyl groups is 2. The quantitative estimate of drug-likeness (QED) is 0.731. The minimum Gasteiger partial charge on any atom is -0.390 e. The van der Waals surface area contributed by atoms with Crippen molar-refractivity contribution in [1.29, 1.82) is 5.26 Å². The molecule has 16 heavy (non-hydrogen) atoms. The first-order valence-electron chi connectivity index (χ1n) is 4.86. The fraction of sp³-hybridized carbons (Fsp3) is 0.364. The van der Waals surface area contributed by atoms with Gasteiger partial charge in [-0.15, -0.1) is 0 Å². The second-order valence-corrected chi connectivity index (χ2v) is 3.84. The molecule has 0 radical (unpaired) electrons. The van der Waals surface area contributed by atoms with E-state index in [2.05, 4.69) is 0 Å². The van der Waals surface area contributed by atoms with E-state index in [0.29, 0.717) is 16.1 Å². The fourth-order valence-electron chi connectivity index (χ4n) is 1.38. The van der Waals surface area contributed by atoms with Gasteiger partial charge in [0.1, 0.15) is 6.10 Å². The molecule has 4 N–H and O–H groups in total. The van der Waals surface area contributed by atoms with Gasteiger partial charge in [0.25, 0.3) is 0 Å². The van der Waals surface area contributed by atoms with Gasteiger partial charge in [-0.25, -0.2) is 0 Å². The van der Waals surface area contributed by atoms with E-state index in [1.165, 1.54) is 12.1 Å². The Morgan fingerprint density at radius 3 is 2.69 bits per heavy atom. The molecule has 0 spiro atoms. The minimum atomic E-state index is -1.12. The Bertz CT molecular complexity index is 403. The zero-order valence-corrected chi connectivity index (χ0v) is 9.35. The van der Waals surface area contributed by atoms with E-state index < -0.39 is 12.2 Å². The van der Waals surface area contributed by atoms with Crippen LogP contribution in [0.1, 0.15) is 23.7 Å². The van der Waals surface area contributed by atoms with E-state index >= 15 is 0 Å². The van der Waals surface area contributed by atoms with E-state index in [4.69, 9.17) is 22.6 Å². The van der Waals surface area contributed by atoms with Gasteiger partial charge in [-0.05, 0) is 31.2 Å². The standard InChI is InChI=1S/C11H13ClN2O2/c12-9-2-1-7(6-14)5-8(9)11(16)10(15)3-4-13/h1-2,5,10-11,15-16H,3-4,13H2. The molecule has 2 atom stereocenters. The number of hydrogen-bond acceptors (Lipinski definition) is 4. The molecule has 1 aromatic rings. The largest absolute Gasteiger partial charge is 0.390 e. The van der Waals surface area contributed by atoms with Gasteiger partial charge in [-0.1, -0.05) is 11.6 Å². The SMILES string of the molecule is N#Cc1ccc(Cl)c(C(O)C(O)CCN)c1. The van der Waals surface area contributed by atoms with Crippen molar-refractivity contribution in [1.82, 2.24) is 0 Å². The third kappa shape index (κ3) is 2.94. The van der Waals surface area contributed by atoms with Crippen LogP contribution in [0.5, 0.6) is 0 Å². The van der Waals surface area contributed by atoms with Gasteiger partial charge in [0.15, 0.2) is 0 Å². The lowest BCUT2D eigenvalue weighted by Crippen LogP contribution is -2.22. The molecular weight excluding hydrogens is 228 g/mol. The summed E-state index contributed by atoms with van der Waals surface area (Å²) in [6, 6.07) is 6.48. The number of hydrogen-bond donors (Lipinski definition) is 3. The Morgan fingerprint density at radius 1 is 1.44 bits per heavy atom. The summed E-state index contributed by atoms with van der Waals surface area (Å²) in [6.07, 6.45) is -1.82. The predicted octanol–water partition coefficient (Wildman–Crippen LogP) is 0.955. The van der Waals surface area contributed by atoms with Gasteiger partial charge in [0.2, 0.25) is 0 Å². The highest BCUT2D eigenvalue weighted by Gasteiger charge is 2.20. The summed E-state index contributed by atoms with van der Waals surface area (Å²) in [6.45, 7) is 0.272. The third-order valence-corrected chi connectivity index (χ3v) is 2.61. The molecule has 1 aromatic carbocycles. The normalized spacial score (nSPS) is 14.2. The molecule has 2 unspecified atom stereocenters. The van der Waals surface area contributed by atoms with Gasteiger partial charge in [0.05, 0.1) is 17.7 Å². The van der Waals surface area contributed by atoms with Crippen molar-refractivity contribution in [3.8, 4) is 6.07 Å². The summed E-state index contributed by atoms with van der Waals surface area (Å²) in [4.78, 5) is 0. The Labute approximate surface area is 98.9 Å². The molecule has 0 heterocycles. The van der Waals surface area contributed by atoms with Gasteiger partial charge in [-0.2, -0.15) is 5.26 Å². The van der Waals surface area contributed by atoms with Gasteiger partial charge >= 0.3 is 0 Å². The lowest BCUT2D eigenvalue weighted by atomic mass is 10.0. The van der Waals surface area contributed by atoms with Crippen LogP contribution >= 0.6 is 11.6 Å². The van der Waals surface area contributed by atoms with Crippen LogP contribution < -0.4 is 5.73 Å². The monoisotopic (exact) mass is 240 g/mol. The van der Waals surface area contributed by atoms with E-state index in [9.17, 15) is 10.2 Å². The first-order valence-corrected chi connectivity index (χ1v) is 5.23. The molecular formula is C11H13ClN2O2. The van der Waals surface area contributed by atoms with Crippen molar-refractivity contribution in [3.63, 3.8) is 0 Å². The van der Waals surface area contributed by atoms with Gasteiger partial charge < -0.3 is 15.9 Å². The van der Waals surface area contributed by atoms with Crippen LogP contribution in [0.25, 0.3) is 0 Å². The molecule has 0 saturated carbocycles. The van der Waals surface area contributed by atoms with Crippen molar-refractivity contribution >= 4 is 11.6 Å². The maximum Gasteiger partial charge on any atom is 0.106 e. The summed E-state index contributed by atoms with van der Waals surface area (Å²) >= 11 is 5.88. The first-order chi connectivity index (χ1) is 7.60. The lowest BCUT2D eigenvalue weighted by Gasteiger charge is -2.18. The van der Waals surface area contributed by atoms with Crippen LogP contribution in [0.3, 0.4) is 0 Å². The van der Waals surface area contributed by atoms with Crippen molar-refractivity contribution in [2.75, 3.05) is 6.54 Å². The number of aliphatic hydroxyl groups excluding tert-OH is 2. The fourth-order valence-corrected chi connectivity index (χ4v) is 1.61. The van der Waals surface area contributed by atoms with Crippen molar-refractivity contribution < 1.29 is 10.2 Å². The van der Waals surface area contributed by atoms with Crippen molar-refractivity contribution in [2.24, 2.45) is 5.73 Å². The van der Waals surface area contributed by atoms with Crippen LogP contribution in [-0.4, -0.2) is 22.9 Å². The molecule has 0 aliphatic rings. The molecule has 0 bridgehead atoms. The Kier molecular flexibility index (Phi) is 4.71. The van der Waals surface area contributed by atoms with Crippen LogP contribution in [0.4, 0.5) is 0 Å². The van der Waals surface area contributed by atoms with E-state index in [-0.39, 0.29) is 13.0 Å². The van der Waals surface area contributed by atoms with Gasteiger partial charge in [-0.3, -0.25) is 0 Å². The zero-order valence-electron chi connectivity index (χ0n) is 8.60. The lowest BCUT2D eigenvalue weighted by molar-refractivity contribution is 0.0151. The van der Waals surface area contributed by atoms with E-state index in [0.717, 1.165) is 0 Å². The van der Waals surface area contributed by atoms with Crippen LogP contribution in [0.15, 0.2) is 18.2 Å². The second kappa shape index (κ2) is 5.83. The number of rotatable bonds is 4. The number of nitriles is 1. The third-order valence-electron chi connectivity index (χ3n) is 2.27. The first kappa shape index (κ1) is 12.9. The number of nitrogens with two attached hydrogens (primary N) is 1. The highest BCUT2D eigenvalue weighted by Crippen LogP contribution is 2.27. The van der Waals surface area contributed by atoms with Crippen LogP contribution in [0.2, 0.25) is 5.02 Å². The second-order valence-electron chi connectivity index (χ2n) is 3.44. The molecule has 0 amide bonds. The predicted molar refractivity (Wildman–Crippen MR) is 60.8 cm³/mol. The highest BCUT2D eigenvalue weighted by molar-refractivity contribution is 6.31. The summed E-state index contributed by atoms with van der Waals surface area (Å²) in [7, 11) is 0. The van der Waals surface area contributed by atoms with E-state index in [1.807, 2.05) is 6.07 Å². The van der Waals surface area contributed by atoms with E-state index in [1.54, 1.807) is 6.07 Å². The molecule has 0 aliphatic heterocycles. The number of halogens is 1. The van der Waals surface area contributed by atoms with Crippen LogP contribution in [-0.2, 0) is 0 Å². The average Bonchev–Trinajstić information content (AvgIpc) is 2.29. The smallest absolute Gasteiger partial charge is 0.106 e. The topological polar surface area (TPSA) is 90.3 Å².